The first-order valence-corrected chi connectivity index (χ1v) is 9.58. The minimum Gasteiger partial charge on any atom is -0.381 e. The highest BCUT2D eigenvalue weighted by atomic mass is 127. The number of piperidine rings is 1. The Labute approximate surface area is 164 Å². The van der Waals surface area contributed by atoms with Crippen LogP contribution >= 0.6 is 24.0 Å². The maximum Gasteiger partial charge on any atom is 0.191 e. The zero-order valence-corrected chi connectivity index (χ0v) is 17.6. The molecule has 3 fully saturated rings. The summed E-state index contributed by atoms with van der Waals surface area (Å²) < 4.78 is 5.49. The predicted molar refractivity (Wildman–Crippen MR) is 110 cm³/mol. The third-order valence-corrected chi connectivity index (χ3v) is 5.60. The number of nitrogens with zero attached hydrogens (tertiary/aromatic N) is 2. The zero-order chi connectivity index (χ0) is 16.1. The molecule has 0 radical (unpaired) electrons. The predicted octanol–water partition coefficient (Wildman–Crippen LogP) is 2.46. The summed E-state index contributed by atoms with van der Waals surface area (Å²) in [5, 5.41) is 7.24. The van der Waals surface area contributed by atoms with E-state index in [1.165, 1.54) is 58.2 Å². The van der Waals surface area contributed by atoms with Crippen molar-refractivity contribution in [2.75, 3.05) is 39.9 Å². The van der Waals surface area contributed by atoms with Crippen molar-refractivity contribution in [3.63, 3.8) is 0 Å². The molecule has 0 aromatic heterocycles. The van der Waals surface area contributed by atoms with E-state index in [1.54, 1.807) is 0 Å². The second-order valence-electron chi connectivity index (χ2n) is 7.56. The van der Waals surface area contributed by atoms with E-state index in [-0.39, 0.29) is 24.0 Å². The van der Waals surface area contributed by atoms with Gasteiger partial charge in [-0.1, -0.05) is 13.3 Å². The van der Waals surface area contributed by atoms with Crippen molar-refractivity contribution in [1.82, 2.24) is 15.5 Å². The summed E-state index contributed by atoms with van der Waals surface area (Å²) in [7, 11) is 1.89. The molecule has 2 aliphatic heterocycles. The van der Waals surface area contributed by atoms with Gasteiger partial charge in [0.15, 0.2) is 5.96 Å². The van der Waals surface area contributed by atoms with Gasteiger partial charge in [0, 0.05) is 45.4 Å². The van der Waals surface area contributed by atoms with Gasteiger partial charge in [-0.15, -0.1) is 24.0 Å². The fourth-order valence-corrected chi connectivity index (χ4v) is 4.01. The van der Waals surface area contributed by atoms with Crippen molar-refractivity contribution in [3.8, 4) is 0 Å². The first-order valence-electron chi connectivity index (χ1n) is 9.58. The van der Waals surface area contributed by atoms with Crippen molar-refractivity contribution < 1.29 is 4.74 Å². The molecule has 0 spiro atoms. The molecule has 0 aromatic carbocycles. The Kier molecular flexibility index (Phi) is 8.57. The quantitative estimate of drug-likeness (QED) is 0.371. The van der Waals surface area contributed by atoms with Gasteiger partial charge in [0.25, 0.3) is 0 Å². The number of guanidine groups is 1. The van der Waals surface area contributed by atoms with Gasteiger partial charge in [-0.05, 0) is 43.9 Å². The largest absolute Gasteiger partial charge is 0.381 e. The molecule has 2 saturated heterocycles. The van der Waals surface area contributed by atoms with Gasteiger partial charge in [0.05, 0.1) is 6.61 Å². The topological polar surface area (TPSA) is 48.9 Å². The van der Waals surface area contributed by atoms with Crippen molar-refractivity contribution in [2.24, 2.45) is 16.8 Å². The summed E-state index contributed by atoms with van der Waals surface area (Å²) in [5.74, 6) is 2.64. The van der Waals surface area contributed by atoms with Crippen LogP contribution in [0.1, 0.15) is 45.4 Å². The molecule has 3 aliphatic rings. The maximum atomic E-state index is 5.49. The molecule has 0 amide bonds. The van der Waals surface area contributed by atoms with Crippen LogP contribution in [0.25, 0.3) is 0 Å². The van der Waals surface area contributed by atoms with Crippen molar-refractivity contribution in [1.29, 1.82) is 0 Å². The minimum absolute atomic E-state index is 0. The SMILES string of the molecule is CCCC1CC1NC(=NC)NC1CCN(CC2CCOC2)CC1.I. The standard InChI is InChI=1S/C18H34N4O.HI/c1-3-4-15-11-17(15)21-18(19-2)20-16-5-8-22(9-6-16)12-14-7-10-23-13-14;/h14-17H,3-13H2,1-2H3,(H2,19,20,21);1H. The van der Waals surface area contributed by atoms with Gasteiger partial charge in [-0.2, -0.15) is 0 Å². The molecule has 3 atom stereocenters. The summed E-state index contributed by atoms with van der Waals surface area (Å²) in [4.78, 5) is 7.04. The average molecular weight is 450 g/mol. The van der Waals surface area contributed by atoms with Gasteiger partial charge >= 0.3 is 0 Å². The molecule has 24 heavy (non-hydrogen) atoms. The summed E-state index contributed by atoms with van der Waals surface area (Å²) >= 11 is 0. The summed E-state index contributed by atoms with van der Waals surface area (Å²) in [6, 6.07) is 1.23. The van der Waals surface area contributed by atoms with Crippen LogP contribution in [0.4, 0.5) is 0 Å². The highest BCUT2D eigenvalue weighted by Gasteiger charge is 2.36. The number of rotatable bonds is 6. The van der Waals surface area contributed by atoms with Crippen molar-refractivity contribution >= 4 is 29.9 Å². The van der Waals surface area contributed by atoms with Crippen LogP contribution in [0.2, 0.25) is 0 Å². The number of likely N-dealkylation sites (tertiary alicyclic amines) is 1. The molecule has 2 heterocycles. The van der Waals surface area contributed by atoms with Gasteiger partial charge in [-0.25, -0.2) is 0 Å². The molecule has 3 rings (SSSR count). The Morgan fingerprint density at radius 3 is 2.62 bits per heavy atom. The van der Waals surface area contributed by atoms with Gasteiger partial charge in [0.2, 0.25) is 0 Å². The van der Waals surface area contributed by atoms with E-state index in [4.69, 9.17) is 4.74 Å². The normalized spacial score (nSPS) is 31.6. The van der Waals surface area contributed by atoms with Gasteiger partial charge in [-0.3, -0.25) is 4.99 Å². The first kappa shape index (κ1) is 20.2. The maximum absolute atomic E-state index is 5.49. The number of ether oxygens (including phenoxy) is 1. The van der Waals surface area contributed by atoms with Crippen LogP contribution in [0, 0.1) is 11.8 Å². The lowest BCUT2D eigenvalue weighted by Crippen LogP contribution is -2.49. The van der Waals surface area contributed by atoms with Crippen LogP contribution < -0.4 is 10.6 Å². The molecule has 1 aliphatic carbocycles. The van der Waals surface area contributed by atoms with E-state index in [9.17, 15) is 0 Å². The Morgan fingerprint density at radius 1 is 1.21 bits per heavy atom. The van der Waals surface area contributed by atoms with E-state index < -0.39 is 0 Å². The fraction of sp³-hybridized carbons (Fsp3) is 0.944. The van der Waals surface area contributed by atoms with Crippen LogP contribution in [-0.4, -0.2) is 62.8 Å². The molecule has 1 saturated carbocycles. The molecule has 0 bridgehead atoms. The van der Waals surface area contributed by atoms with Crippen molar-refractivity contribution in [3.05, 3.63) is 0 Å². The Morgan fingerprint density at radius 2 is 2.00 bits per heavy atom. The fourth-order valence-electron chi connectivity index (χ4n) is 4.01. The third kappa shape index (κ3) is 6.02. The zero-order valence-electron chi connectivity index (χ0n) is 15.3. The molecule has 0 aromatic rings. The van der Waals surface area contributed by atoms with Gasteiger partial charge < -0.3 is 20.3 Å². The molecule has 2 N–H and O–H groups in total. The third-order valence-electron chi connectivity index (χ3n) is 5.60. The highest BCUT2D eigenvalue weighted by molar-refractivity contribution is 14.0. The molecule has 5 nitrogen and oxygen atoms in total. The summed E-state index contributed by atoms with van der Waals surface area (Å²) in [6.07, 6.45) is 7.64. The number of halogens is 1. The van der Waals surface area contributed by atoms with E-state index in [1.807, 2.05) is 7.05 Å². The molecular weight excluding hydrogens is 415 g/mol. The lowest BCUT2D eigenvalue weighted by molar-refractivity contribution is 0.150. The Hall–Kier alpha value is -0.0800. The second kappa shape index (κ2) is 10.2. The van der Waals surface area contributed by atoms with E-state index >= 15 is 0 Å². The molecule has 140 valence electrons. The lowest BCUT2D eigenvalue weighted by Gasteiger charge is -2.34. The van der Waals surface area contributed by atoms with E-state index in [0.29, 0.717) is 12.1 Å². The van der Waals surface area contributed by atoms with E-state index in [0.717, 1.165) is 31.0 Å². The Bertz CT molecular complexity index is 392. The highest BCUT2D eigenvalue weighted by Crippen LogP contribution is 2.34. The van der Waals surface area contributed by atoms with Crippen LogP contribution in [0.3, 0.4) is 0 Å². The lowest BCUT2D eigenvalue weighted by atomic mass is 10.0. The number of hydrogen-bond acceptors (Lipinski definition) is 3. The number of hydrogen-bond donors (Lipinski definition) is 2. The smallest absolute Gasteiger partial charge is 0.191 e. The average Bonchev–Trinajstić information content (AvgIpc) is 3.08. The van der Waals surface area contributed by atoms with Crippen LogP contribution in [0.15, 0.2) is 4.99 Å². The van der Waals surface area contributed by atoms with Gasteiger partial charge in [0.1, 0.15) is 0 Å². The first-order chi connectivity index (χ1) is 11.3. The summed E-state index contributed by atoms with van der Waals surface area (Å²) in [5.41, 5.74) is 0. The summed E-state index contributed by atoms with van der Waals surface area (Å²) in [6.45, 7) is 7.83. The molecule has 3 unspecified atom stereocenters. The van der Waals surface area contributed by atoms with Crippen molar-refractivity contribution in [2.45, 2.75) is 57.5 Å². The Balaban J connectivity index is 0.00000208. The minimum atomic E-state index is 0. The van der Waals surface area contributed by atoms with Crippen LogP contribution in [0.5, 0.6) is 0 Å². The molecule has 6 heteroatoms. The second-order valence-corrected chi connectivity index (χ2v) is 7.56. The van der Waals surface area contributed by atoms with E-state index in [2.05, 4.69) is 27.4 Å². The number of aliphatic imine (C=N–C) groups is 1. The van der Waals surface area contributed by atoms with Crippen LogP contribution in [-0.2, 0) is 4.74 Å². The molecular formula is C18H35IN4O. The number of nitrogens with one attached hydrogen (secondary N) is 2. The monoisotopic (exact) mass is 450 g/mol.